The third kappa shape index (κ3) is 2.37. The fourth-order valence-corrected chi connectivity index (χ4v) is 4.79. The molecular weight excluding hydrogens is 342 g/mol. The molecule has 3 aromatic rings. The highest BCUT2D eigenvalue weighted by atomic mass is 35.5. The first kappa shape index (κ1) is 15.7. The summed E-state index contributed by atoms with van der Waals surface area (Å²) in [4.78, 5) is 13.1. The van der Waals surface area contributed by atoms with Crippen molar-refractivity contribution in [3.05, 3.63) is 100 Å². The number of rotatable bonds is 2. The summed E-state index contributed by atoms with van der Waals surface area (Å²) in [6, 6.07) is 24.5. The largest absolute Gasteiger partial charge is 0.326 e. The molecule has 0 aromatic heterocycles. The van der Waals surface area contributed by atoms with Crippen LogP contribution in [0, 0.1) is 5.92 Å². The summed E-state index contributed by atoms with van der Waals surface area (Å²) in [5.74, 6) is 0.458. The molecule has 0 saturated carbocycles. The topological polar surface area (TPSA) is 29.1 Å². The van der Waals surface area contributed by atoms with E-state index in [1.54, 1.807) is 12.1 Å². The van der Waals surface area contributed by atoms with E-state index in [1.165, 1.54) is 22.3 Å². The van der Waals surface area contributed by atoms with Crippen molar-refractivity contribution < 1.29 is 4.79 Å². The molecule has 26 heavy (non-hydrogen) atoms. The Kier molecular flexibility index (Phi) is 3.61. The van der Waals surface area contributed by atoms with Crippen molar-refractivity contribution in [2.75, 3.05) is 5.32 Å². The first-order valence-electron chi connectivity index (χ1n) is 8.96. The lowest BCUT2D eigenvalue weighted by atomic mass is 9.59. The predicted octanol–water partition coefficient (Wildman–Crippen LogP) is 5.58. The second-order valence-corrected chi connectivity index (χ2v) is 7.56. The first-order valence-corrected chi connectivity index (χ1v) is 9.34. The number of anilines is 1. The Hall–Kier alpha value is -2.58. The molecule has 0 heterocycles. The van der Waals surface area contributed by atoms with Crippen LogP contribution < -0.4 is 5.32 Å². The smallest absolute Gasteiger partial charge is 0.228 e. The van der Waals surface area contributed by atoms with E-state index in [-0.39, 0.29) is 17.7 Å². The van der Waals surface area contributed by atoms with Gasteiger partial charge in [0.25, 0.3) is 0 Å². The number of hydrogen-bond acceptors (Lipinski definition) is 1. The van der Waals surface area contributed by atoms with Gasteiger partial charge < -0.3 is 5.32 Å². The maximum atomic E-state index is 13.1. The van der Waals surface area contributed by atoms with E-state index < -0.39 is 0 Å². The summed E-state index contributed by atoms with van der Waals surface area (Å²) < 4.78 is 0. The molecule has 6 rings (SSSR count). The van der Waals surface area contributed by atoms with Gasteiger partial charge in [0.15, 0.2) is 0 Å². The SMILES string of the molecule is O=C(Nc1ccc(Cl)cc1)C1CC2c3ccccc3C1c1ccccc12. The van der Waals surface area contributed by atoms with Gasteiger partial charge in [0.1, 0.15) is 0 Å². The van der Waals surface area contributed by atoms with E-state index >= 15 is 0 Å². The highest BCUT2D eigenvalue weighted by Crippen LogP contribution is 2.55. The molecule has 1 unspecified atom stereocenters. The van der Waals surface area contributed by atoms with E-state index in [0.717, 1.165) is 12.1 Å². The van der Waals surface area contributed by atoms with E-state index in [0.29, 0.717) is 10.9 Å². The van der Waals surface area contributed by atoms with E-state index in [9.17, 15) is 4.79 Å². The molecule has 3 heteroatoms. The monoisotopic (exact) mass is 359 g/mol. The normalized spacial score (nSPS) is 22.4. The number of benzene rings is 3. The van der Waals surface area contributed by atoms with Crippen molar-refractivity contribution >= 4 is 23.2 Å². The molecule has 3 aliphatic carbocycles. The van der Waals surface area contributed by atoms with Gasteiger partial charge in [-0.3, -0.25) is 4.79 Å². The van der Waals surface area contributed by atoms with Crippen LogP contribution in [0.4, 0.5) is 5.69 Å². The predicted molar refractivity (Wildman–Crippen MR) is 105 cm³/mol. The lowest BCUT2D eigenvalue weighted by molar-refractivity contribution is -0.121. The molecule has 1 amide bonds. The Bertz CT molecular complexity index is 948. The molecule has 2 bridgehead atoms. The molecule has 1 atom stereocenters. The average molecular weight is 360 g/mol. The molecule has 2 nitrogen and oxygen atoms in total. The summed E-state index contributed by atoms with van der Waals surface area (Å²) >= 11 is 5.95. The van der Waals surface area contributed by atoms with Crippen molar-refractivity contribution in [2.24, 2.45) is 5.92 Å². The van der Waals surface area contributed by atoms with Crippen molar-refractivity contribution in [1.29, 1.82) is 0 Å². The van der Waals surface area contributed by atoms with Gasteiger partial charge in [-0.15, -0.1) is 0 Å². The number of halogens is 1. The summed E-state index contributed by atoms with van der Waals surface area (Å²) in [5.41, 5.74) is 6.17. The zero-order chi connectivity index (χ0) is 17.7. The molecular formula is C23H18ClNO. The molecule has 128 valence electrons. The number of hydrogen-bond donors (Lipinski definition) is 1. The standard InChI is InChI=1S/C23H18ClNO/c24-14-9-11-15(12-10-14)25-23(26)21-13-20-16-5-1-3-7-18(16)22(21)19-8-4-2-6-17(19)20/h1-12,20-22H,13H2,(H,25,26). The lowest BCUT2D eigenvalue weighted by Crippen LogP contribution is -2.38. The minimum absolute atomic E-state index is 0.0551. The summed E-state index contributed by atoms with van der Waals surface area (Å²) in [7, 11) is 0. The maximum Gasteiger partial charge on any atom is 0.228 e. The molecule has 0 fully saturated rings. The number of amides is 1. The van der Waals surface area contributed by atoms with Gasteiger partial charge in [0.2, 0.25) is 5.91 Å². The van der Waals surface area contributed by atoms with Crippen LogP contribution >= 0.6 is 11.6 Å². The van der Waals surface area contributed by atoms with Crippen molar-refractivity contribution in [2.45, 2.75) is 18.3 Å². The average Bonchev–Trinajstić information content (AvgIpc) is 2.69. The highest BCUT2D eigenvalue weighted by molar-refractivity contribution is 6.30. The zero-order valence-electron chi connectivity index (χ0n) is 14.2. The van der Waals surface area contributed by atoms with Crippen LogP contribution in [-0.2, 0) is 4.79 Å². The summed E-state index contributed by atoms with van der Waals surface area (Å²) in [5, 5.41) is 3.76. The Morgan fingerprint density at radius 2 is 1.35 bits per heavy atom. The van der Waals surface area contributed by atoms with E-state index in [4.69, 9.17) is 11.6 Å². The molecule has 1 N–H and O–H groups in total. The second kappa shape index (κ2) is 6.00. The molecule has 0 aliphatic heterocycles. The van der Waals surface area contributed by atoms with Crippen LogP contribution in [-0.4, -0.2) is 5.91 Å². The van der Waals surface area contributed by atoms with Crippen LogP contribution in [0.1, 0.15) is 40.5 Å². The molecule has 3 aromatic carbocycles. The quantitative estimate of drug-likeness (QED) is 0.636. The maximum absolute atomic E-state index is 13.1. The van der Waals surface area contributed by atoms with Gasteiger partial charge in [-0.25, -0.2) is 0 Å². The van der Waals surface area contributed by atoms with Crippen LogP contribution in [0.2, 0.25) is 5.02 Å². The number of nitrogens with one attached hydrogen (secondary N) is 1. The van der Waals surface area contributed by atoms with E-state index in [2.05, 4.69) is 53.8 Å². The minimum atomic E-state index is -0.0551. The fraction of sp³-hybridized carbons (Fsp3) is 0.174. The van der Waals surface area contributed by atoms with Gasteiger partial charge >= 0.3 is 0 Å². The minimum Gasteiger partial charge on any atom is -0.326 e. The van der Waals surface area contributed by atoms with Gasteiger partial charge in [-0.05, 0) is 52.9 Å². The van der Waals surface area contributed by atoms with Crippen molar-refractivity contribution in [3.8, 4) is 0 Å². The summed E-state index contributed by atoms with van der Waals surface area (Å²) in [6.45, 7) is 0. The number of carbonyl (C=O) groups excluding carboxylic acids is 1. The Morgan fingerprint density at radius 1 is 0.808 bits per heavy atom. The number of fused-ring (bicyclic) bond motifs is 1. The molecule has 0 spiro atoms. The van der Waals surface area contributed by atoms with Crippen LogP contribution in [0.3, 0.4) is 0 Å². The van der Waals surface area contributed by atoms with E-state index in [1.807, 2.05) is 12.1 Å². The van der Waals surface area contributed by atoms with Crippen molar-refractivity contribution in [3.63, 3.8) is 0 Å². The third-order valence-corrected chi connectivity index (χ3v) is 6.01. The Balaban J connectivity index is 1.54. The van der Waals surface area contributed by atoms with Gasteiger partial charge in [0.05, 0.1) is 5.92 Å². The van der Waals surface area contributed by atoms with Crippen molar-refractivity contribution in [1.82, 2.24) is 0 Å². The van der Waals surface area contributed by atoms with Crippen LogP contribution in [0.15, 0.2) is 72.8 Å². The van der Waals surface area contributed by atoms with Gasteiger partial charge in [0, 0.05) is 22.5 Å². The number of carbonyl (C=O) groups is 1. The highest BCUT2D eigenvalue weighted by Gasteiger charge is 2.45. The Morgan fingerprint density at radius 3 is 1.92 bits per heavy atom. The third-order valence-electron chi connectivity index (χ3n) is 5.75. The fourth-order valence-electron chi connectivity index (χ4n) is 4.66. The first-order chi connectivity index (χ1) is 12.7. The van der Waals surface area contributed by atoms with Gasteiger partial charge in [-0.2, -0.15) is 0 Å². The molecule has 3 aliphatic rings. The Labute approximate surface area is 157 Å². The summed E-state index contributed by atoms with van der Waals surface area (Å²) in [6.07, 6.45) is 0.859. The zero-order valence-corrected chi connectivity index (χ0v) is 14.9. The molecule has 0 saturated heterocycles. The lowest BCUT2D eigenvalue weighted by Gasteiger charge is -2.44. The van der Waals surface area contributed by atoms with Gasteiger partial charge in [-0.1, -0.05) is 60.1 Å². The van der Waals surface area contributed by atoms with Crippen LogP contribution in [0.5, 0.6) is 0 Å². The van der Waals surface area contributed by atoms with Crippen LogP contribution in [0.25, 0.3) is 0 Å². The molecule has 0 radical (unpaired) electrons. The second-order valence-electron chi connectivity index (χ2n) is 7.13.